The fourth-order valence-electron chi connectivity index (χ4n) is 3.91. The van der Waals surface area contributed by atoms with Crippen molar-refractivity contribution in [1.29, 1.82) is 0 Å². The molecule has 1 aliphatic rings. The summed E-state index contributed by atoms with van der Waals surface area (Å²) in [4.78, 5) is 15.0. The summed E-state index contributed by atoms with van der Waals surface area (Å²) in [7, 11) is 0. The molecule has 1 atom stereocenters. The third-order valence-electron chi connectivity index (χ3n) is 5.63. The van der Waals surface area contributed by atoms with E-state index in [4.69, 9.17) is 9.47 Å². The van der Waals surface area contributed by atoms with Crippen LogP contribution in [-0.4, -0.2) is 43.5 Å². The third-order valence-corrected chi connectivity index (χ3v) is 5.63. The van der Waals surface area contributed by atoms with E-state index >= 15 is 0 Å². The number of rotatable bonds is 8. The second-order valence-electron chi connectivity index (χ2n) is 7.88. The van der Waals surface area contributed by atoms with Gasteiger partial charge in [0.15, 0.2) is 12.4 Å². The van der Waals surface area contributed by atoms with Crippen LogP contribution in [0.3, 0.4) is 0 Å². The number of ketones is 1. The molecule has 1 aliphatic heterocycles. The van der Waals surface area contributed by atoms with E-state index < -0.39 is 0 Å². The smallest absolute Gasteiger partial charge is 0.200 e. The minimum absolute atomic E-state index is 0.0221. The summed E-state index contributed by atoms with van der Waals surface area (Å²) in [5.41, 5.74) is 4.03. The molecular weight excluding hydrogens is 386 g/mol. The largest absolute Gasteiger partial charge is 0.485 e. The Balaban J connectivity index is 1.31. The summed E-state index contributed by atoms with van der Waals surface area (Å²) in [6.07, 6.45) is 1.25. The van der Waals surface area contributed by atoms with Crippen molar-refractivity contribution in [2.45, 2.75) is 19.4 Å². The molecule has 4 heteroatoms. The van der Waals surface area contributed by atoms with Crippen LogP contribution < -0.4 is 4.74 Å². The van der Waals surface area contributed by atoms with Crippen LogP contribution in [0.25, 0.3) is 11.1 Å². The Hall–Kier alpha value is -2.95. The number of morpholine rings is 1. The van der Waals surface area contributed by atoms with Gasteiger partial charge < -0.3 is 9.47 Å². The number of nitrogens with zero attached hydrogens (tertiary/aromatic N) is 1. The summed E-state index contributed by atoms with van der Waals surface area (Å²) in [5, 5.41) is 0. The van der Waals surface area contributed by atoms with Gasteiger partial charge in [0.1, 0.15) is 5.75 Å². The standard InChI is InChI=1S/C27H29NO3/c1-2-16-28-17-18-30-27(19-28)24-12-14-25(15-13-24)31-20-26(29)23-10-8-22(9-11-23)21-6-4-3-5-7-21/h3-15,27H,2,16-20H2,1H3. The molecule has 0 bridgehead atoms. The van der Waals surface area contributed by atoms with Crippen LogP contribution in [0.5, 0.6) is 5.75 Å². The molecule has 0 saturated carbocycles. The van der Waals surface area contributed by atoms with Crippen LogP contribution in [0, 0.1) is 0 Å². The van der Waals surface area contributed by atoms with Crippen molar-refractivity contribution in [3.8, 4) is 16.9 Å². The molecule has 3 aromatic rings. The highest BCUT2D eigenvalue weighted by Gasteiger charge is 2.21. The van der Waals surface area contributed by atoms with Crippen molar-refractivity contribution in [3.63, 3.8) is 0 Å². The number of Topliss-reactive ketones (excluding diaryl/α,β-unsaturated/α-hetero) is 1. The van der Waals surface area contributed by atoms with Gasteiger partial charge in [-0.25, -0.2) is 0 Å². The number of carbonyl (C=O) groups excluding carboxylic acids is 1. The Morgan fingerprint density at radius 2 is 1.68 bits per heavy atom. The van der Waals surface area contributed by atoms with Gasteiger partial charge in [0.25, 0.3) is 0 Å². The quantitative estimate of drug-likeness (QED) is 0.462. The molecule has 1 fully saturated rings. The molecule has 1 saturated heterocycles. The van der Waals surface area contributed by atoms with Crippen LogP contribution in [-0.2, 0) is 4.74 Å². The Morgan fingerprint density at radius 1 is 0.968 bits per heavy atom. The molecule has 4 nitrogen and oxygen atoms in total. The van der Waals surface area contributed by atoms with Gasteiger partial charge in [-0.15, -0.1) is 0 Å². The average molecular weight is 416 g/mol. The lowest BCUT2D eigenvalue weighted by Crippen LogP contribution is -2.38. The Labute approximate surface area is 184 Å². The molecular formula is C27H29NO3. The zero-order valence-electron chi connectivity index (χ0n) is 18.0. The number of hydrogen-bond donors (Lipinski definition) is 0. The number of ether oxygens (including phenoxy) is 2. The van der Waals surface area contributed by atoms with Gasteiger partial charge in [-0.05, 0) is 41.8 Å². The van der Waals surface area contributed by atoms with E-state index in [0.29, 0.717) is 11.3 Å². The van der Waals surface area contributed by atoms with E-state index in [-0.39, 0.29) is 18.5 Å². The topological polar surface area (TPSA) is 38.8 Å². The molecule has 0 N–H and O–H groups in total. The second kappa shape index (κ2) is 10.4. The normalized spacial score (nSPS) is 16.7. The highest BCUT2D eigenvalue weighted by atomic mass is 16.5. The minimum atomic E-state index is -0.0329. The first-order chi connectivity index (χ1) is 15.2. The SMILES string of the molecule is CCCN1CCOC(c2ccc(OCC(=O)c3ccc(-c4ccccc4)cc3)cc2)C1. The van der Waals surface area contributed by atoms with E-state index in [0.717, 1.165) is 49.4 Å². The maximum atomic E-state index is 12.5. The summed E-state index contributed by atoms with van der Waals surface area (Å²) in [6.45, 7) is 6.02. The monoisotopic (exact) mass is 415 g/mol. The summed E-state index contributed by atoms with van der Waals surface area (Å²) in [5.74, 6) is 0.661. The molecule has 160 valence electrons. The highest BCUT2D eigenvalue weighted by molar-refractivity contribution is 5.97. The van der Waals surface area contributed by atoms with Gasteiger partial charge in [0.05, 0.1) is 12.7 Å². The third kappa shape index (κ3) is 5.60. The van der Waals surface area contributed by atoms with Crippen molar-refractivity contribution in [1.82, 2.24) is 4.90 Å². The van der Waals surface area contributed by atoms with Crippen LogP contribution in [0.1, 0.15) is 35.4 Å². The highest BCUT2D eigenvalue weighted by Crippen LogP contribution is 2.25. The van der Waals surface area contributed by atoms with Gasteiger partial charge >= 0.3 is 0 Å². The van der Waals surface area contributed by atoms with E-state index in [1.54, 1.807) is 0 Å². The second-order valence-corrected chi connectivity index (χ2v) is 7.88. The van der Waals surface area contributed by atoms with E-state index in [1.807, 2.05) is 66.7 Å². The first-order valence-electron chi connectivity index (χ1n) is 11.0. The van der Waals surface area contributed by atoms with Crippen LogP contribution in [0.15, 0.2) is 78.9 Å². The Morgan fingerprint density at radius 3 is 2.39 bits per heavy atom. The van der Waals surface area contributed by atoms with Crippen molar-refractivity contribution in [3.05, 3.63) is 90.0 Å². The molecule has 3 aromatic carbocycles. The minimum Gasteiger partial charge on any atom is -0.485 e. The average Bonchev–Trinajstić information content (AvgIpc) is 2.84. The van der Waals surface area contributed by atoms with Gasteiger partial charge in [-0.1, -0.05) is 73.7 Å². The molecule has 0 aromatic heterocycles. The maximum absolute atomic E-state index is 12.5. The van der Waals surface area contributed by atoms with Gasteiger partial charge in [0.2, 0.25) is 0 Å². The zero-order valence-corrected chi connectivity index (χ0v) is 18.0. The summed E-state index contributed by atoms with van der Waals surface area (Å²) < 4.78 is 11.7. The van der Waals surface area contributed by atoms with Crippen LogP contribution >= 0.6 is 0 Å². The van der Waals surface area contributed by atoms with E-state index in [2.05, 4.69) is 24.0 Å². The molecule has 0 aliphatic carbocycles. The lowest BCUT2D eigenvalue weighted by Gasteiger charge is -2.33. The predicted molar refractivity (Wildman–Crippen MR) is 124 cm³/mol. The maximum Gasteiger partial charge on any atom is 0.200 e. The molecule has 0 amide bonds. The lowest BCUT2D eigenvalue weighted by atomic mass is 10.0. The zero-order chi connectivity index (χ0) is 21.5. The summed E-state index contributed by atoms with van der Waals surface area (Å²) in [6, 6.07) is 25.7. The van der Waals surface area contributed by atoms with Gasteiger partial charge in [-0.2, -0.15) is 0 Å². The number of benzene rings is 3. The summed E-state index contributed by atoms with van der Waals surface area (Å²) >= 11 is 0. The van der Waals surface area contributed by atoms with Gasteiger partial charge in [0, 0.05) is 18.7 Å². The molecule has 31 heavy (non-hydrogen) atoms. The lowest BCUT2D eigenvalue weighted by molar-refractivity contribution is -0.0298. The fourth-order valence-corrected chi connectivity index (χ4v) is 3.91. The van der Waals surface area contributed by atoms with E-state index in [9.17, 15) is 4.79 Å². The number of hydrogen-bond acceptors (Lipinski definition) is 4. The van der Waals surface area contributed by atoms with Crippen molar-refractivity contribution < 1.29 is 14.3 Å². The van der Waals surface area contributed by atoms with Crippen molar-refractivity contribution in [2.75, 3.05) is 32.8 Å². The number of carbonyl (C=O) groups is 1. The molecule has 1 heterocycles. The molecule has 1 unspecified atom stereocenters. The van der Waals surface area contributed by atoms with E-state index in [1.165, 1.54) is 0 Å². The molecule has 4 rings (SSSR count). The first kappa shape index (κ1) is 21.3. The Bertz CT molecular complexity index is 966. The van der Waals surface area contributed by atoms with Gasteiger partial charge in [-0.3, -0.25) is 9.69 Å². The molecule has 0 spiro atoms. The van der Waals surface area contributed by atoms with Crippen LogP contribution in [0.4, 0.5) is 0 Å². The first-order valence-corrected chi connectivity index (χ1v) is 11.0. The Kier molecular flexibility index (Phi) is 7.13. The van der Waals surface area contributed by atoms with Crippen molar-refractivity contribution >= 4 is 5.78 Å². The predicted octanol–water partition coefficient (Wildman–Crippen LogP) is 5.40. The van der Waals surface area contributed by atoms with Crippen molar-refractivity contribution in [2.24, 2.45) is 0 Å². The molecule has 0 radical (unpaired) electrons. The fraction of sp³-hybridized carbons (Fsp3) is 0.296. The van der Waals surface area contributed by atoms with Crippen LogP contribution in [0.2, 0.25) is 0 Å².